The number of carbonyl (C=O) groups excluding carboxylic acids is 2. The van der Waals surface area contributed by atoms with Crippen molar-refractivity contribution in [2.24, 2.45) is 0 Å². The van der Waals surface area contributed by atoms with E-state index in [1.807, 2.05) is 6.92 Å². The molecule has 0 N–H and O–H groups in total. The number of hydrogen-bond donors (Lipinski definition) is 1. The first-order chi connectivity index (χ1) is 11.0. The quantitative estimate of drug-likeness (QED) is 0.689. The molecule has 0 unspecified atom stereocenters. The zero-order chi connectivity index (χ0) is 16.4. The van der Waals surface area contributed by atoms with E-state index in [0.29, 0.717) is 11.0 Å². The highest BCUT2D eigenvalue weighted by Crippen LogP contribution is 2.34. The lowest BCUT2D eigenvalue weighted by Crippen LogP contribution is -2.31. The number of imidazole rings is 1. The van der Waals surface area contributed by atoms with Crippen LogP contribution < -0.4 is 4.74 Å². The third-order valence-electron chi connectivity index (χ3n) is 4.04. The van der Waals surface area contributed by atoms with Gasteiger partial charge >= 0.3 is 18.1 Å². The second-order valence-electron chi connectivity index (χ2n) is 5.88. The average molecular weight is 334 g/mol. The standard InChI is InChI=1S/C16H18N2O4S/c1-16(8-4-5-9-16)22-15(20)18-12-7-3-2-6-11(12)17-14(18)21-13(19)10-23/h2-3,6-7,23H,4-5,8-10H2,1H3. The van der Waals surface area contributed by atoms with Crippen molar-refractivity contribution >= 4 is 35.7 Å². The molecule has 3 rings (SSSR count). The number of aromatic nitrogens is 2. The van der Waals surface area contributed by atoms with Gasteiger partial charge < -0.3 is 9.47 Å². The van der Waals surface area contributed by atoms with Gasteiger partial charge in [0.05, 0.1) is 16.8 Å². The van der Waals surface area contributed by atoms with Crippen LogP contribution in [0, 0.1) is 0 Å². The molecule has 0 aliphatic heterocycles. The summed E-state index contributed by atoms with van der Waals surface area (Å²) in [5.74, 6) is -0.680. The second-order valence-corrected chi connectivity index (χ2v) is 6.19. The van der Waals surface area contributed by atoms with Gasteiger partial charge in [0.15, 0.2) is 0 Å². The Kier molecular flexibility index (Phi) is 4.30. The normalized spacial score (nSPS) is 16.4. The number of esters is 1. The Labute approximate surface area is 139 Å². The highest BCUT2D eigenvalue weighted by Gasteiger charge is 2.34. The number of carbonyl (C=O) groups is 2. The third kappa shape index (κ3) is 3.19. The monoisotopic (exact) mass is 334 g/mol. The molecule has 0 amide bonds. The summed E-state index contributed by atoms with van der Waals surface area (Å²) in [7, 11) is 0. The summed E-state index contributed by atoms with van der Waals surface area (Å²) in [5, 5.41) is 0. The summed E-state index contributed by atoms with van der Waals surface area (Å²) in [6.07, 6.45) is 3.16. The molecule has 0 radical (unpaired) electrons. The van der Waals surface area contributed by atoms with Crippen LogP contribution in [0.3, 0.4) is 0 Å². The van der Waals surface area contributed by atoms with Gasteiger partial charge in [-0.05, 0) is 44.7 Å². The van der Waals surface area contributed by atoms with E-state index in [4.69, 9.17) is 9.47 Å². The van der Waals surface area contributed by atoms with E-state index >= 15 is 0 Å². The number of para-hydroxylation sites is 2. The van der Waals surface area contributed by atoms with Crippen molar-refractivity contribution in [1.82, 2.24) is 9.55 Å². The molecule has 1 aromatic carbocycles. The fourth-order valence-corrected chi connectivity index (χ4v) is 2.93. The van der Waals surface area contributed by atoms with E-state index in [2.05, 4.69) is 17.6 Å². The number of fused-ring (bicyclic) bond motifs is 1. The minimum absolute atomic E-state index is 0.0863. The van der Waals surface area contributed by atoms with Gasteiger partial charge in [-0.25, -0.2) is 4.79 Å². The Morgan fingerprint density at radius 2 is 2.00 bits per heavy atom. The lowest BCUT2D eigenvalue weighted by molar-refractivity contribution is -0.131. The van der Waals surface area contributed by atoms with Gasteiger partial charge in [-0.15, -0.1) is 0 Å². The lowest BCUT2D eigenvalue weighted by Gasteiger charge is -2.24. The van der Waals surface area contributed by atoms with Crippen LogP contribution in [-0.2, 0) is 9.53 Å². The number of rotatable bonds is 3. The smallest absolute Gasteiger partial charge is 0.423 e. The number of nitrogens with zero attached hydrogens (tertiary/aromatic N) is 2. The van der Waals surface area contributed by atoms with E-state index in [-0.39, 0.29) is 11.8 Å². The summed E-state index contributed by atoms with van der Waals surface area (Å²) in [4.78, 5) is 28.4. The van der Waals surface area contributed by atoms with E-state index < -0.39 is 17.7 Å². The van der Waals surface area contributed by atoms with Crippen LogP contribution in [-0.4, -0.2) is 33.0 Å². The molecule has 1 heterocycles. The Hall–Kier alpha value is -2.02. The predicted octanol–water partition coefficient (Wildman–Crippen LogP) is 3.19. The maximum atomic E-state index is 12.7. The molecule has 0 spiro atoms. The molecule has 1 aliphatic rings. The molecule has 6 nitrogen and oxygen atoms in total. The van der Waals surface area contributed by atoms with E-state index in [0.717, 1.165) is 25.7 Å². The van der Waals surface area contributed by atoms with E-state index in [9.17, 15) is 9.59 Å². The molecule has 0 saturated heterocycles. The number of hydrogen-bond acceptors (Lipinski definition) is 6. The summed E-state index contributed by atoms with van der Waals surface area (Å²) in [6, 6.07) is 6.98. The van der Waals surface area contributed by atoms with Crippen molar-refractivity contribution in [3.8, 4) is 6.01 Å². The fraction of sp³-hybridized carbons (Fsp3) is 0.438. The molecule has 1 aliphatic carbocycles. The average Bonchev–Trinajstić information content (AvgIpc) is 3.10. The second kappa shape index (κ2) is 6.23. The minimum atomic E-state index is -0.579. The Bertz CT molecular complexity index is 750. The molecular weight excluding hydrogens is 316 g/mol. The van der Waals surface area contributed by atoms with E-state index in [1.54, 1.807) is 24.3 Å². The summed E-state index contributed by atoms with van der Waals surface area (Å²) in [5.41, 5.74) is 0.622. The molecule has 23 heavy (non-hydrogen) atoms. The van der Waals surface area contributed by atoms with Gasteiger partial charge in [0, 0.05) is 0 Å². The van der Waals surface area contributed by atoms with Crippen LogP contribution in [0.1, 0.15) is 32.6 Å². The zero-order valence-corrected chi connectivity index (χ0v) is 13.7. The van der Waals surface area contributed by atoms with Gasteiger partial charge in [-0.1, -0.05) is 12.1 Å². The van der Waals surface area contributed by atoms with Crippen LogP contribution >= 0.6 is 12.6 Å². The number of ether oxygens (including phenoxy) is 2. The molecule has 1 fully saturated rings. The maximum Gasteiger partial charge on any atom is 0.423 e. The van der Waals surface area contributed by atoms with Crippen molar-refractivity contribution in [1.29, 1.82) is 0 Å². The Morgan fingerprint density at radius 1 is 1.30 bits per heavy atom. The van der Waals surface area contributed by atoms with Gasteiger partial charge in [0.1, 0.15) is 5.60 Å². The summed E-state index contributed by atoms with van der Waals surface area (Å²) in [6.45, 7) is 1.93. The molecular formula is C16H18N2O4S. The van der Waals surface area contributed by atoms with Gasteiger partial charge in [-0.2, -0.15) is 22.2 Å². The van der Waals surface area contributed by atoms with Gasteiger partial charge in [0.25, 0.3) is 0 Å². The molecule has 7 heteroatoms. The zero-order valence-electron chi connectivity index (χ0n) is 12.8. The molecule has 1 saturated carbocycles. The predicted molar refractivity (Wildman–Crippen MR) is 88.0 cm³/mol. The SMILES string of the molecule is CC1(OC(=O)n2c(OC(=O)CS)nc3ccccc32)CCCC1. The molecule has 122 valence electrons. The first kappa shape index (κ1) is 15.9. The van der Waals surface area contributed by atoms with Crippen LogP contribution in [0.15, 0.2) is 24.3 Å². The highest BCUT2D eigenvalue weighted by molar-refractivity contribution is 7.81. The number of thiol groups is 1. The largest absolute Gasteiger partial charge is 0.442 e. The maximum absolute atomic E-state index is 12.7. The molecule has 1 aromatic heterocycles. The van der Waals surface area contributed by atoms with E-state index in [1.165, 1.54) is 4.57 Å². The molecule has 0 atom stereocenters. The first-order valence-corrected chi connectivity index (χ1v) is 8.18. The molecule has 0 bridgehead atoms. The fourth-order valence-electron chi connectivity index (χ4n) is 2.86. The van der Waals surface area contributed by atoms with Crippen LogP contribution in [0.2, 0.25) is 0 Å². The third-order valence-corrected chi connectivity index (χ3v) is 4.30. The molecule has 2 aromatic rings. The van der Waals surface area contributed by atoms with Crippen molar-refractivity contribution in [3.63, 3.8) is 0 Å². The first-order valence-electron chi connectivity index (χ1n) is 7.55. The Balaban J connectivity index is 1.98. The lowest BCUT2D eigenvalue weighted by atomic mass is 10.1. The Morgan fingerprint density at radius 3 is 2.70 bits per heavy atom. The van der Waals surface area contributed by atoms with Crippen molar-refractivity contribution in [2.75, 3.05) is 5.75 Å². The van der Waals surface area contributed by atoms with Gasteiger partial charge in [0.2, 0.25) is 0 Å². The van der Waals surface area contributed by atoms with Crippen molar-refractivity contribution < 1.29 is 19.1 Å². The van der Waals surface area contributed by atoms with Crippen LogP contribution in [0.4, 0.5) is 4.79 Å². The number of benzene rings is 1. The van der Waals surface area contributed by atoms with Gasteiger partial charge in [-0.3, -0.25) is 4.79 Å². The summed E-state index contributed by atoms with van der Waals surface area (Å²) >= 11 is 3.87. The van der Waals surface area contributed by atoms with Crippen molar-refractivity contribution in [3.05, 3.63) is 24.3 Å². The van der Waals surface area contributed by atoms with Crippen LogP contribution in [0.5, 0.6) is 6.01 Å². The highest BCUT2D eigenvalue weighted by atomic mass is 32.1. The summed E-state index contributed by atoms with van der Waals surface area (Å²) < 4.78 is 12.0. The minimum Gasteiger partial charge on any atom is -0.442 e. The van der Waals surface area contributed by atoms with Crippen molar-refractivity contribution in [2.45, 2.75) is 38.2 Å². The topological polar surface area (TPSA) is 70.4 Å². The van der Waals surface area contributed by atoms with Crippen LogP contribution in [0.25, 0.3) is 11.0 Å².